The van der Waals surface area contributed by atoms with Gasteiger partial charge in [0.1, 0.15) is 0 Å². The molecule has 1 rings (SSSR count). The maximum atomic E-state index is 11.3. The van der Waals surface area contributed by atoms with Crippen molar-refractivity contribution < 1.29 is 9.53 Å². The molecule has 0 radical (unpaired) electrons. The number of carbonyl (C=O) groups excluding carboxylic acids is 1. The van der Waals surface area contributed by atoms with Gasteiger partial charge < -0.3 is 10.1 Å². The summed E-state index contributed by atoms with van der Waals surface area (Å²) in [5.74, 6) is 1.80. The zero-order chi connectivity index (χ0) is 13.4. The first-order valence-corrected chi connectivity index (χ1v) is 6.58. The van der Waals surface area contributed by atoms with Gasteiger partial charge in [-0.15, -0.1) is 18.2 Å². The summed E-state index contributed by atoms with van der Waals surface area (Å²) in [5, 5.41) is 3.16. The van der Waals surface area contributed by atoms with Gasteiger partial charge in [-0.3, -0.25) is 0 Å². The van der Waals surface area contributed by atoms with E-state index < -0.39 is 5.97 Å². The van der Waals surface area contributed by atoms with Crippen LogP contribution < -0.4 is 5.32 Å². The summed E-state index contributed by atoms with van der Waals surface area (Å²) in [6, 6.07) is 7.87. The number of anilines is 1. The number of nitrogens with one attached hydrogen (secondary N) is 1. The van der Waals surface area contributed by atoms with Gasteiger partial charge in [0.05, 0.1) is 5.69 Å². The Morgan fingerprint density at radius 2 is 2.28 bits per heavy atom. The predicted molar refractivity (Wildman–Crippen MR) is 75.4 cm³/mol. The van der Waals surface area contributed by atoms with Crippen LogP contribution in [0.2, 0.25) is 0 Å². The van der Waals surface area contributed by atoms with Gasteiger partial charge in [-0.2, -0.15) is 0 Å². The Kier molecular flexibility index (Phi) is 5.89. The molecule has 0 spiro atoms. The summed E-state index contributed by atoms with van der Waals surface area (Å²) in [5.41, 5.74) is 1.67. The SMILES string of the molecule is C#CCOC(=O)/C=C(/C)Nc1ccccc1SC. The van der Waals surface area contributed by atoms with E-state index in [1.807, 2.05) is 30.5 Å². The van der Waals surface area contributed by atoms with Gasteiger partial charge >= 0.3 is 5.97 Å². The largest absolute Gasteiger partial charge is 0.449 e. The van der Waals surface area contributed by atoms with Crippen LogP contribution in [0.4, 0.5) is 5.69 Å². The molecule has 0 atom stereocenters. The normalized spacial score (nSPS) is 10.6. The molecule has 0 unspecified atom stereocenters. The third-order valence-electron chi connectivity index (χ3n) is 2.07. The minimum absolute atomic E-state index is 0.00991. The fourth-order valence-corrected chi connectivity index (χ4v) is 1.88. The maximum Gasteiger partial charge on any atom is 0.333 e. The van der Waals surface area contributed by atoms with E-state index in [1.165, 1.54) is 6.08 Å². The second-order valence-electron chi connectivity index (χ2n) is 3.46. The Bertz CT molecular complexity index is 489. The smallest absolute Gasteiger partial charge is 0.333 e. The first-order valence-electron chi connectivity index (χ1n) is 5.36. The van der Waals surface area contributed by atoms with E-state index in [0.29, 0.717) is 5.70 Å². The molecule has 0 aliphatic rings. The van der Waals surface area contributed by atoms with Gasteiger partial charge in [-0.25, -0.2) is 4.79 Å². The molecule has 0 heterocycles. The van der Waals surface area contributed by atoms with Crippen molar-refractivity contribution in [2.24, 2.45) is 0 Å². The number of ether oxygens (including phenoxy) is 1. The number of allylic oxidation sites excluding steroid dienone is 1. The van der Waals surface area contributed by atoms with Crippen LogP contribution in [0.25, 0.3) is 0 Å². The summed E-state index contributed by atoms with van der Waals surface area (Å²) in [4.78, 5) is 12.4. The van der Waals surface area contributed by atoms with Gasteiger partial charge in [0.15, 0.2) is 6.61 Å². The van der Waals surface area contributed by atoms with Gasteiger partial charge in [0.25, 0.3) is 0 Å². The summed E-state index contributed by atoms with van der Waals surface area (Å²) in [6.07, 6.45) is 8.39. The number of benzene rings is 1. The molecule has 0 aliphatic heterocycles. The Labute approximate surface area is 112 Å². The van der Waals surface area contributed by atoms with Crippen LogP contribution in [0.3, 0.4) is 0 Å². The monoisotopic (exact) mass is 261 g/mol. The van der Waals surface area contributed by atoms with Crippen molar-refractivity contribution in [2.45, 2.75) is 11.8 Å². The van der Waals surface area contributed by atoms with Crippen molar-refractivity contribution in [3.05, 3.63) is 36.0 Å². The fraction of sp³-hybridized carbons (Fsp3) is 0.214. The molecule has 0 bridgehead atoms. The Morgan fingerprint density at radius 3 is 2.94 bits per heavy atom. The van der Waals surface area contributed by atoms with Crippen LogP contribution in [0.5, 0.6) is 0 Å². The Balaban J connectivity index is 2.69. The summed E-state index contributed by atoms with van der Waals surface area (Å²) in [7, 11) is 0. The Hall–Kier alpha value is -1.86. The van der Waals surface area contributed by atoms with E-state index in [9.17, 15) is 4.79 Å². The van der Waals surface area contributed by atoms with Crippen LogP contribution in [0, 0.1) is 12.3 Å². The van der Waals surface area contributed by atoms with E-state index in [1.54, 1.807) is 18.7 Å². The molecule has 3 nitrogen and oxygen atoms in total. The van der Waals surface area contributed by atoms with Crippen molar-refractivity contribution >= 4 is 23.4 Å². The van der Waals surface area contributed by atoms with Crippen molar-refractivity contribution in [3.63, 3.8) is 0 Å². The molecule has 94 valence electrons. The highest BCUT2D eigenvalue weighted by Gasteiger charge is 2.02. The number of carbonyl (C=O) groups is 1. The third kappa shape index (κ3) is 4.56. The first-order chi connectivity index (χ1) is 8.67. The lowest BCUT2D eigenvalue weighted by atomic mass is 10.3. The van der Waals surface area contributed by atoms with E-state index in [2.05, 4.69) is 11.2 Å². The number of thioether (sulfide) groups is 1. The number of terminal acetylenes is 1. The van der Waals surface area contributed by atoms with Crippen molar-refractivity contribution in [3.8, 4) is 12.3 Å². The molecule has 0 saturated carbocycles. The van der Waals surface area contributed by atoms with E-state index in [4.69, 9.17) is 11.2 Å². The summed E-state index contributed by atoms with van der Waals surface area (Å²) >= 11 is 1.64. The summed E-state index contributed by atoms with van der Waals surface area (Å²) < 4.78 is 4.76. The average Bonchev–Trinajstić information content (AvgIpc) is 2.36. The molecule has 0 saturated heterocycles. The molecule has 0 aliphatic carbocycles. The molecule has 18 heavy (non-hydrogen) atoms. The summed E-state index contributed by atoms with van der Waals surface area (Å²) in [6.45, 7) is 1.79. The Morgan fingerprint density at radius 1 is 1.56 bits per heavy atom. The molecular weight excluding hydrogens is 246 g/mol. The molecule has 1 N–H and O–H groups in total. The standard InChI is InChI=1S/C14H15NO2S/c1-4-9-17-14(16)10-11(2)15-12-7-5-6-8-13(12)18-3/h1,5-8,10,15H,9H2,2-3H3/b11-10-. The zero-order valence-electron chi connectivity index (χ0n) is 10.4. The number of para-hydroxylation sites is 1. The topological polar surface area (TPSA) is 38.3 Å². The minimum Gasteiger partial charge on any atom is -0.449 e. The van der Waals surface area contributed by atoms with Crippen molar-refractivity contribution in [2.75, 3.05) is 18.2 Å². The second kappa shape index (κ2) is 7.46. The molecule has 4 heteroatoms. The first kappa shape index (κ1) is 14.2. The highest BCUT2D eigenvalue weighted by Crippen LogP contribution is 2.25. The van der Waals surface area contributed by atoms with Gasteiger partial charge in [-0.05, 0) is 25.3 Å². The van der Waals surface area contributed by atoms with E-state index >= 15 is 0 Å². The van der Waals surface area contributed by atoms with Crippen LogP contribution in [-0.2, 0) is 9.53 Å². The van der Waals surface area contributed by atoms with Crippen LogP contribution in [-0.4, -0.2) is 18.8 Å². The second-order valence-corrected chi connectivity index (χ2v) is 4.31. The van der Waals surface area contributed by atoms with Gasteiger partial charge in [-0.1, -0.05) is 18.1 Å². The quantitative estimate of drug-likeness (QED) is 0.383. The number of rotatable bonds is 5. The third-order valence-corrected chi connectivity index (χ3v) is 2.87. The lowest BCUT2D eigenvalue weighted by Gasteiger charge is -2.10. The highest BCUT2D eigenvalue weighted by molar-refractivity contribution is 7.98. The minimum atomic E-state index is -0.445. The van der Waals surface area contributed by atoms with Crippen LogP contribution >= 0.6 is 11.8 Å². The van der Waals surface area contributed by atoms with Crippen LogP contribution in [0.15, 0.2) is 40.9 Å². The average molecular weight is 261 g/mol. The molecule has 0 aromatic heterocycles. The molecule has 1 aromatic carbocycles. The fourth-order valence-electron chi connectivity index (χ4n) is 1.33. The molecular formula is C14H15NO2S. The molecule has 1 aromatic rings. The highest BCUT2D eigenvalue weighted by atomic mass is 32.2. The van der Waals surface area contributed by atoms with Gasteiger partial charge in [0, 0.05) is 16.7 Å². The molecule has 0 amide bonds. The zero-order valence-corrected chi connectivity index (χ0v) is 11.2. The number of hydrogen-bond donors (Lipinski definition) is 1. The van der Waals surface area contributed by atoms with Crippen LogP contribution in [0.1, 0.15) is 6.92 Å². The lowest BCUT2D eigenvalue weighted by molar-refractivity contribution is -0.136. The predicted octanol–water partition coefficient (Wildman–Crippen LogP) is 2.90. The lowest BCUT2D eigenvalue weighted by Crippen LogP contribution is -2.05. The van der Waals surface area contributed by atoms with E-state index in [0.717, 1.165) is 10.6 Å². The number of esters is 1. The van der Waals surface area contributed by atoms with Gasteiger partial charge in [0.2, 0.25) is 0 Å². The van der Waals surface area contributed by atoms with Crippen molar-refractivity contribution in [1.82, 2.24) is 0 Å². The van der Waals surface area contributed by atoms with Crippen molar-refractivity contribution in [1.29, 1.82) is 0 Å². The maximum absolute atomic E-state index is 11.3. The van der Waals surface area contributed by atoms with E-state index in [-0.39, 0.29) is 6.61 Å². The molecule has 0 fully saturated rings. The number of hydrogen-bond acceptors (Lipinski definition) is 4.